The SMILES string of the molecule is Cc1cc(C)c2c(N)c(C(=O)Nc3ccc(Nc4ccccc4)cc3)sc2n1. The maximum atomic E-state index is 12.8. The van der Waals surface area contributed by atoms with Gasteiger partial charge in [0.2, 0.25) is 0 Å². The summed E-state index contributed by atoms with van der Waals surface area (Å²) >= 11 is 1.32. The molecular weight excluding hydrogens is 368 g/mol. The Bertz CT molecular complexity index is 1150. The molecule has 0 atom stereocenters. The lowest BCUT2D eigenvalue weighted by Crippen LogP contribution is -2.11. The number of nitrogen functional groups attached to an aromatic ring is 1. The Morgan fingerprint density at radius 2 is 1.61 bits per heavy atom. The molecule has 140 valence electrons. The third-order valence-electron chi connectivity index (χ3n) is 4.44. The highest BCUT2D eigenvalue weighted by Crippen LogP contribution is 2.35. The summed E-state index contributed by atoms with van der Waals surface area (Å²) in [7, 11) is 0. The van der Waals surface area contributed by atoms with Gasteiger partial charge in [0.15, 0.2) is 0 Å². The lowest BCUT2D eigenvalue weighted by atomic mass is 10.1. The second-order valence-corrected chi connectivity index (χ2v) is 7.63. The second-order valence-electron chi connectivity index (χ2n) is 6.63. The zero-order valence-electron chi connectivity index (χ0n) is 15.6. The number of pyridine rings is 1. The van der Waals surface area contributed by atoms with Gasteiger partial charge < -0.3 is 16.4 Å². The Labute approximate surface area is 167 Å². The van der Waals surface area contributed by atoms with E-state index in [1.165, 1.54) is 11.3 Å². The standard InChI is InChI=1S/C22H20N4OS/c1-13-12-14(2)24-22-18(13)19(23)20(28-22)21(27)26-17-10-8-16(9-11-17)25-15-6-4-3-5-7-15/h3-12,25H,23H2,1-2H3,(H,26,27). The number of hydrogen-bond donors (Lipinski definition) is 3. The molecule has 4 rings (SSSR count). The van der Waals surface area contributed by atoms with Crippen LogP contribution in [0.5, 0.6) is 0 Å². The number of para-hydroxylation sites is 1. The van der Waals surface area contributed by atoms with E-state index in [0.29, 0.717) is 16.3 Å². The van der Waals surface area contributed by atoms with E-state index in [9.17, 15) is 4.79 Å². The molecule has 28 heavy (non-hydrogen) atoms. The smallest absolute Gasteiger partial charge is 0.267 e. The quantitative estimate of drug-likeness (QED) is 0.432. The topological polar surface area (TPSA) is 80.0 Å². The molecule has 1 amide bonds. The number of anilines is 4. The van der Waals surface area contributed by atoms with Crippen molar-refractivity contribution >= 4 is 50.2 Å². The van der Waals surface area contributed by atoms with E-state index in [4.69, 9.17) is 5.73 Å². The van der Waals surface area contributed by atoms with Gasteiger partial charge in [0, 0.05) is 28.1 Å². The van der Waals surface area contributed by atoms with Crippen LogP contribution in [0, 0.1) is 13.8 Å². The van der Waals surface area contributed by atoms with Crippen molar-refractivity contribution in [3.63, 3.8) is 0 Å². The molecule has 0 saturated carbocycles. The highest BCUT2D eigenvalue weighted by molar-refractivity contribution is 7.21. The number of nitrogens with two attached hydrogens (primary N) is 1. The lowest BCUT2D eigenvalue weighted by Gasteiger charge is -2.08. The molecule has 4 N–H and O–H groups in total. The monoisotopic (exact) mass is 388 g/mol. The molecule has 0 bridgehead atoms. The Morgan fingerprint density at radius 3 is 2.32 bits per heavy atom. The zero-order valence-corrected chi connectivity index (χ0v) is 16.4. The average Bonchev–Trinajstić information content (AvgIpc) is 3.01. The van der Waals surface area contributed by atoms with Crippen molar-refractivity contribution in [2.75, 3.05) is 16.4 Å². The molecule has 5 nitrogen and oxygen atoms in total. The van der Waals surface area contributed by atoms with Gasteiger partial charge in [-0.05, 0) is 61.9 Å². The number of hydrogen-bond acceptors (Lipinski definition) is 5. The molecule has 2 aromatic heterocycles. The molecule has 0 fully saturated rings. The molecule has 2 aromatic carbocycles. The third kappa shape index (κ3) is 3.54. The van der Waals surface area contributed by atoms with Crippen LogP contribution in [0.3, 0.4) is 0 Å². The van der Waals surface area contributed by atoms with Crippen LogP contribution in [0.1, 0.15) is 20.9 Å². The van der Waals surface area contributed by atoms with Gasteiger partial charge >= 0.3 is 0 Å². The number of rotatable bonds is 4. The van der Waals surface area contributed by atoms with Gasteiger partial charge in [-0.25, -0.2) is 4.98 Å². The van der Waals surface area contributed by atoms with Crippen LogP contribution in [-0.4, -0.2) is 10.9 Å². The summed E-state index contributed by atoms with van der Waals surface area (Å²) in [6.45, 7) is 3.92. The summed E-state index contributed by atoms with van der Waals surface area (Å²) in [5.41, 5.74) is 11.4. The van der Waals surface area contributed by atoms with E-state index in [0.717, 1.165) is 32.8 Å². The number of fused-ring (bicyclic) bond motifs is 1. The molecule has 0 aliphatic heterocycles. The minimum absolute atomic E-state index is 0.221. The van der Waals surface area contributed by atoms with Crippen molar-refractivity contribution in [3.8, 4) is 0 Å². The van der Waals surface area contributed by atoms with E-state index < -0.39 is 0 Å². The highest BCUT2D eigenvalue weighted by Gasteiger charge is 2.19. The number of benzene rings is 2. The number of nitrogens with one attached hydrogen (secondary N) is 2. The number of nitrogens with zero attached hydrogens (tertiary/aromatic N) is 1. The van der Waals surface area contributed by atoms with Gasteiger partial charge in [0.1, 0.15) is 9.71 Å². The molecule has 0 radical (unpaired) electrons. The summed E-state index contributed by atoms with van der Waals surface area (Å²) < 4.78 is 0. The van der Waals surface area contributed by atoms with Crippen molar-refractivity contribution in [1.82, 2.24) is 4.98 Å². The normalized spacial score (nSPS) is 10.8. The summed E-state index contributed by atoms with van der Waals surface area (Å²) in [4.78, 5) is 18.5. The van der Waals surface area contributed by atoms with Crippen LogP contribution in [0.25, 0.3) is 10.2 Å². The number of aryl methyl sites for hydroxylation is 2. The summed E-state index contributed by atoms with van der Waals surface area (Å²) in [5, 5.41) is 7.10. The molecule has 0 saturated heterocycles. The maximum Gasteiger partial charge on any atom is 0.267 e. The van der Waals surface area contributed by atoms with Crippen LogP contribution in [0.4, 0.5) is 22.7 Å². The fourth-order valence-corrected chi connectivity index (χ4v) is 4.26. The average molecular weight is 388 g/mol. The zero-order chi connectivity index (χ0) is 19.7. The molecular formula is C22H20N4OS. The molecule has 2 heterocycles. The van der Waals surface area contributed by atoms with Crippen LogP contribution in [-0.2, 0) is 0 Å². The van der Waals surface area contributed by atoms with E-state index >= 15 is 0 Å². The first kappa shape index (κ1) is 18.0. The van der Waals surface area contributed by atoms with Gasteiger partial charge in [-0.2, -0.15) is 0 Å². The second kappa shape index (κ2) is 7.32. The number of carbonyl (C=O) groups excluding carboxylic acids is 1. The summed E-state index contributed by atoms with van der Waals surface area (Å²) in [6.07, 6.45) is 0. The number of amides is 1. The Morgan fingerprint density at radius 1 is 0.964 bits per heavy atom. The van der Waals surface area contributed by atoms with Crippen molar-refractivity contribution in [2.45, 2.75) is 13.8 Å². The van der Waals surface area contributed by atoms with Gasteiger partial charge in [0.25, 0.3) is 5.91 Å². The molecule has 0 unspecified atom stereocenters. The van der Waals surface area contributed by atoms with Crippen LogP contribution in [0.15, 0.2) is 60.7 Å². The van der Waals surface area contributed by atoms with Crippen molar-refractivity contribution in [1.29, 1.82) is 0 Å². The van der Waals surface area contributed by atoms with Crippen LogP contribution >= 0.6 is 11.3 Å². The van der Waals surface area contributed by atoms with Gasteiger partial charge in [-0.3, -0.25) is 4.79 Å². The predicted octanol–water partition coefficient (Wildman–Crippen LogP) is 5.49. The van der Waals surface area contributed by atoms with E-state index in [1.807, 2.05) is 74.5 Å². The first-order valence-electron chi connectivity index (χ1n) is 8.91. The van der Waals surface area contributed by atoms with E-state index in [1.54, 1.807) is 0 Å². The fourth-order valence-electron chi connectivity index (χ4n) is 3.15. The van der Waals surface area contributed by atoms with Crippen molar-refractivity contribution < 1.29 is 4.79 Å². The third-order valence-corrected chi connectivity index (χ3v) is 5.53. The van der Waals surface area contributed by atoms with Crippen molar-refractivity contribution in [2.24, 2.45) is 0 Å². The van der Waals surface area contributed by atoms with Crippen LogP contribution in [0.2, 0.25) is 0 Å². The first-order valence-corrected chi connectivity index (χ1v) is 9.72. The van der Waals surface area contributed by atoms with Gasteiger partial charge in [0.05, 0.1) is 5.69 Å². The van der Waals surface area contributed by atoms with Gasteiger partial charge in [-0.1, -0.05) is 18.2 Å². The molecule has 0 spiro atoms. The van der Waals surface area contributed by atoms with E-state index in [-0.39, 0.29) is 5.91 Å². The fraction of sp³-hybridized carbons (Fsp3) is 0.0909. The Hall–Kier alpha value is -3.38. The Balaban J connectivity index is 1.53. The maximum absolute atomic E-state index is 12.8. The minimum atomic E-state index is -0.221. The van der Waals surface area contributed by atoms with Crippen LogP contribution < -0.4 is 16.4 Å². The Kier molecular flexibility index (Phi) is 4.71. The lowest BCUT2D eigenvalue weighted by molar-refractivity contribution is 0.103. The van der Waals surface area contributed by atoms with Gasteiger partial charge in [-0.15, -0.1) is 11.3 Å². The largest absolute Gasteiger partial charge is 0.397 e. The highest BCUT2D eigenvalue weighted by atomic mass is 32.1. The minimum Gasteiger partial charge on any atom is -0.397 e. The summed E-state index contributed by atoms with van der Waals surface area (Å²) in [6, 6.07) is 19.5. The molecule has 0 aliphatic carbocycles. The molecule has 4 aromatic rings. The first-order chi connectivity index (χ1) is 13.5. The predicted molar refractivity (Wildman–Crippen MR) is 118 cm³/mol. The number of carbonyl (C=O) groups is 1. The van der Waals surface area contributed by atoms with Crippen molar-refractivity contribution in [3.05, 3.63) is 76.8 Å². The molecule has 6 heteroatoms. The number of aromatic nitrogens is 1. The number of thiophene rings is 1. The molecule has 0 aliphatic rings. The summed E-state index contributed by atoms with van der Waals surface area (Å²) in [5.74, 6) is -0.221. The van der Waals surface area contributed by atoms with E-state index in [2.05, 4.69) is 15.6 Å².